The Kier molecular flexibility index (Phi) is 6.63. The Hall–Kier alpha value is -0.620. The number of ether oxygens (including phenoxy) is 1. The molecule has 1 aromatic rings. The summed E-state index contributed by atoms with van der Waals surface area (Å²) in [6.45, 7) is 2.72. The van der Waals surface area contributed by atoms with Crippen LogP contribution in [0.15, 0.2) is 22.7 Å². The van der Waals surface area contributed by atoms with E-state index in [0.717, 1.165) is 0 Å². The number of carbonyl (C=O) groups is 1. The molecule has 1 unspecified atom stereocenters. The van der Waals surface area contributed by atoms with Crippen LogP contribution in [-0.4, -0.2) is 25.2 Å². The molecule has 0 saturated carbocycles. The van der Waals surface area contributed by atoms with E-state index in [1.165, 1.54) is 0 Å². The molecular formula is C12H16BrClN2O2. The van der Waals surface area contributed by atoms with Crippen LogP contribution in [0.4, 0.5) is 5.69 Å². The first-order valence-electron chi connectivity index (χ1n) is 5.64. The van der Waals surface area contributed by atoms with Gasteiger partial charge in [-0.25, -0.2) is 0 Å². The van der Waals surface area contributed by atoms with Gasteiger partial charge in [-0.1, -0.05) is 17.7 Å². The first-order valence-corrected chi connectivity index (χ1v) is 6.81. The molecule has 1 aromatic carbocycles. The molecule has 0 radical (unpaired) electrons. The highest BCUT2D eigenvalue weighted by atomic mass is 79.9. The van der Waals surface area contributed by atoms with Gasteiger partial charge in [-0.15, -0.1) is 0 Å². The molecule has 0 aliphatic heterocycles. The zero-order valence-corrected chi connectivity index (χ0v) is 12.4. The third kappa shape index (κ3) is 4.57. The van der Waals surface area contributed by atoms with Crippen molar-refractivity contribution in [1.29, 1.82) is 0 Å². The van der Waals surface area contributed by atoms with Crippen molar-refractivity contribution in [3.05, 3.63) is 27.7 Å². The number of halogens is 2. The van der Waals surface area contributed by atoms with E-state index in [0.29, 0.717) is 28.3 Å². The average Bonchev–Trinajstić information content (AvgIpc) is 2.34. The van der Waals surface area contributed by atoms with Crippen molar-refractivity contribution >= 4 is 39.1 Å². The zero-order chi connectivity index (χ0) is 13.5. The summed E-state index contributed by atoms with van der Waals surface area (Å²) in [5.41, 5.74) is 6.16. The number of amides is 1. The van der Waals surface area contributed by atoms with Crippen molar-refractivity contribution in [3.8, 4) is 0 Å². The van der Waals surface area contributed by atoms with Gasteiger partial charge in [0.1, 0.15) is 0 Å². The molecule has 0 aliphatic rings. The molecule has 0 bridgehead atoms. The topological polar surface area (TPSA) is 64.3 Å². The van der Waals surface area contributed by atoms with Crippen molar-refractivity contribution in [3.63, 3.8) is 0 Å². The van der Waals surface area contributed by atoms with Crippen LogP contribution in [0.1, 0.15) is 13.3 Å². The lowest BCUT2D eigenvalue weighted by molar-refractivity contribution is -0.118. The summed E-state index contributed by atoms with van der Waals surface area (Å²) in [5.74, 6) is -0.151. The minimum atomic E-state index is -0.257. The van der Waals surface area contributed by atoms with Crippen molar-refractivity contribution in [2.45, 2.75) is 19.4 Å². The fraction of sp³-hybridized carbons (Fsp3) is 0.417. The Morgan fingerprint density at radius 1 is 1.61 bits per heavy atom. The Balaban J connectivity index is 2.61. The van der Waals surface area contributed by atoms with Crippen LogP contribution in [0.25, 0.3) is 0 Å². The van der Waals surface area contributed by atoms with E-state index < -0.39 is 0 Å². The molecule has 6 heteroatoms. The predicted molar refractivity (Wildman–Crippen MR) is 76.9 cm³/mol. The van der Waals surface area contributed by atoms with Crippen LogP contribution in [0.2, 0.25) is 5.02 Å². The Labute approximate surface area is 120 Å². The molecule has 1 rings (SSSR count). The second-order valence-corrected chi connectivity index (χ2v) is 4.87. The maximum absolute atomic E-state index is 11.8. The normalized spacial score (nSPS) is 12.2. The summed E-state index contributed by atoms with van der Waals surface area (Å²) >= 11 is 9.26. The van der Waals surface area contributed by atoms with E-state index in [1.54, 1.807) is 18.2 Å². The standard InChI is InChI=1S/C12H16BrClN2O2/c1-2-18-8(7-15)6-11(17)16-10-5-3-4-9(14)12(10)13/h3-5,8H,2,6-7,15H2,1H3,(H,16,17). The zero-order valence-electron chi connectivity index (χ0n) is 10.1. The number of nitrogens with one attached hydrogen (secondary N) is 1. The second-order valence-electron chi connectivity index (χ2n) is 3.67. The summed E-state index contributed by atoms with van der Waals surface area (Å²) in [5, 5.41) is 3.32. The maximum Gasteiger partial charge on any atom is 0.227 e. The van der Waals surface area contributed by atoms with Gasteiger partial charge in [0.15, 0.2) is 0 Å². The Morgan fingerprint density at radius 2 is 2.33 bits per heavy atom. The first-order chi connectivity index (χ1) is 8.58. The second kappa shape index (κ2) is 7.74. The fourth-order valence-electron chi connectivity index (χ4n) is 1.45. The highest BCUT2D eigenvalue weighted by Crippen LogP contribution is 2.30. The lowest BCUT2D eigenvalue weighted by Crippen LogP contribution is -2.29. The van der Waals surface area contributed by atoms with Gasteiger partial charge in [0, 0.05) is 13.2 Å². The molecule has 3 N–H and O–H groups in total. The molecular weight excluding hydrogens is 320 g/mol. The van der Waals surface area contributed by atoms with E-state index in [-0.39, 0.29) is 18.4 Å². The number of rotatable bonds is 6. The van der Waals surface area contributed by atoms with Crippen LogP contribution < -0.4 is 11.1 Å². The number of hydrogen-bond donors (Lipinski definition) is 2. The third-order valence-corrected chi connectivity index (χ3v) is 3.70. The minimum Gasteiger partial charge on any atom is -0.377 e. The molecule has 0 aliphatic carbocycles. The van der Waals surface area contributed by atoms with E-state index in [1.807, 2.05) is 6.92 Å². The SMILES string of the molecule is CCOC(CN)CC(=O)Nc1cccc(Cl)c1Br. The molecule has 1 atom stereocenters. The van der Waals surface area contributed by atoms with Crippen LogP contribution in [0, 0.1) is 0 Å². The lowest BCUT2D eigenvalue weighted by atomic mass is 10.2. The van der Waals surface area contributed by atoms with Crippen LogP contribution in [-0.2, 0) is 9.53 Å². The van der Waals surface area contributed by atoms with Crippen molar-refractivity contribution in [2.75, 3.05) is 18.5 Å². The molecule has 0 heterocycles. The molecule has 0 saturated heterocycles. The third-order valence-electron chi connectivity index (χ3n) is 2.30. The number of carbonyl (C=O) groups excluding carboxylic acids is 1. The fourth-order valence-corrected chi connectivity index (χ4v) is 1.99. The van der Waals surface area contributed by atoms with E-state index in [9.17, 15) is 4.79 Å². The van der Waals surface area contributed by atoms with Gasteiger partial charge in [0.25, 0.3) is 0 Å². The molecule has 1 amide bonds. The van der Waals surface area contributed by atoms with Crippen molar-refractivity contribution < 1.29 is 9.53 Å². The quantitative estimate of drug-likeness (QED) is 0.840. The largest absolute Gasteiger partial charge is 0.377 e. The van der Waals surface area contributed by atoms with Crippen LogP contribution in [0.5, 0.6) is 0 Å². The van der Waals surface area contributed by atoms with E-state index in [4.69, 9.17) is 22.1 Å². The monoisotopic (exact) mass is 334 g/mol. The smallest absolute Gasteiger partial charge is 0.227 e. The van der Waals surface area contributed by atoms with E-state index >= 15 is 0 Å². The van der Waals surface area contributed by atoms with Gasteiger partial charge in [-0.2, -0.15) is 0 Å². The van der Waals surface area contributed by atoms with Gasteiger partial charge < -0.3 is 15.8 Å². The summed E-state index contributed by atoms with van der Waals surface area (Å²) in [6.07, 6.45) is -0.0310. The van der Waals surface area contributed by atoms with Crippen molar-refractivity contribution in [1.82, 2.24) is 0 Å². The van der Waals surface area contributed by atoms with Gasteiger partial charge in [0.05, 0.1) is 27.7 Å². The number of benzene rings is 1. The highest BCUT2D eigenvalue weighted by Gasteiger charge is 2.14. The Bertz CT molecular complexity index is 415. The first kappa shape index (κ1) is 15.4. The van der Waals surface area contributed by atoms with Crippen molar-refractivity contribution in [2.24, 2.45) is 5.73 Å². The minimum absolute atomic E-state index is 0.151. The predicted octanol–water partition coefficient (Wildman–Crippen LogP) is 2.79. The number of anilines is 1. The lowest BCUT2D eigenvalue weighted by Gasteiger charge is -2.15. The number of hydrogen-bond acceptors (Lipinski definition) is 3. The molecule has 0 aromatic heterocycles. The summed E-state index contributed by atoms with van der Waals surface area (Å²) in [6, 6.07) is 5.28. The number of nitrogens with two attached hydrogens (primary N) is 1. The van der Waals surface area contributed by atoms with Gasteiger partial charge in [0.2, 0.25) is 5.91 Å². The average molecular weight is 336 g/mol. The highest BCUT2D eigenvalue weighted by molar-refractivity contribution is 9.10. The molecule has 4 nitrogen and oxygen atoms in total. The molecule has 0 fully saturated rings. The summed E-state index contributed by atoms with van der Waals surface area (Å²) < 4.78 is 6.00. The van der Waals surface area contributed by atoms with Crippen LogP contribution >= 0.6 is 27.5 Å². The maximum atomic E-state index is 11.8. The molecule has 0 spiro atoms. The Morgan fingerprint density at radius 3 is 2.94 bits per heavy atom. The van der Waals surface area contributed by atoms with Gasteiger partial charge in [-0.3, -0.25) is 4.79 Å². The van der Waals surface area contributed by atoms with Gasteiger partial charge in [-0.05, 0) is 35.0 Å². The van der Waals surface area contributed by atoms with E-state index in [2.05, 4.69) is 21.2 Å². The van der Waals surface area contributed by atoms with Crippen LogP contribution in [0.3, 0.4) is 0 Å². The molecule has 100 valence electrons. The summed E-state index contributed by atoms with van der Waals surface area (Å²) in [7, 11) is 0. The van der Waals surface area contributed by atoms with Gasteiger partial charge >= 0.3 is 0 Å². The summed E-state index contributed by atoms with van der Waals surface area (Å²) in [4.78, 5) is 11.8. The molecule has 18 heavy (non-hydrogen) atoms.